The third kappa shape index (κ3) is 2.49. The van der Waals surface area contributed by atoms with Gasteiger partial charge in [0.1, 0.15) is 12.4 Å². The molecule has 2 aromatic rings. The standard InChI is InChI=1S/C15H18N2O2/c1-17-10-16-8-12(17)9-19-13-5-6-14-11(7-13)3-2-4-15(14)18/h5-8,10,15,18H,2-4,9H2,1H3. The van der Waals surface area contributed by atoms with E-state index >= 15 is 0 Å². The largest absolute Gasteiger partial charge is 0.487 e. The Hall–Kier alpha value is -1.81. The van der Waals surface area contributed by atoms with Crippen LogP contribution >= 0.6 is 0 Å². The maximum atomic E-state index is 9.92. The van der Waals surface area contributed by atoms with E-state index in [1.807, 2.05) is 36.0 Å². The molecule has 4 nitrogen and oxygen atoms in total. The fourth-order valence-corrected chi connectivity index (χ4v) is 2.54. The lowest BCUT2D eigenvalue weighted by atomic mass is 9.89. The number of hydrogen-bond donors (Lipinski definition) is 1. The summed E-state index contributed by atoms with van der Waals surface area (Å²) in [5.41, 5.74) is 3.30. The van der Waals surface area contributed by atoms with E-state index in [2.05, 4.69) is 4.98 Å². The third-order valence-corrected chi connectivity index (χ3v) is 3.70. The first-order valence-corrected chi connectivity index (χ1v) is 6.63. The highest BCUT2D eigenvalue weighted by Crippen LogP contribution is 2.32. The highest BCUT2D eigenvalue weighted by Gasteiger charge is 2.18. The van der Waals surface area contributed by atoms with Crippen molar-refractivity contribution in [1.29, 1.82) is 0 Å². The Morgan fingerprint density at radius 1 is 1.47 bits per heavy atom. The number of hydrogen-bond acceptors (Lipinski definition) is 3. The molecule has 1 aliphatic carbocycles. The molecular weight excluding hydrogens is 240 g/mol. The van der Waals surface area contributed by atoms with Gasteiger partial charge in [-0.1, -0.05) is 6.07 Å². The van der Waals surface area contributed by atoms with Gasteiger partial charge in [0.05, 0.1) is 24.3 Å². The van der Waals surface area contributed by atoms with E-state index in [-0.39, 0.29) is 6.10 Å². The maximum Gasteiger partial charge on any atom is 0.130 e. The molecule has 0 bridgehead atoms. The number of aliphatic hydroxyl groups excluding tert-OH is 1. The van der Waals surface area contributed by atoms with Gasteiger partial charge < -0.3 is 14.4 Å². The van der Waals surface area contributed by atoms with Gasteiger partial charge in [-0.2, -0.15) is 0 Å². The van der Waals surface area contributed by atoms with Crippen LogP contribution in [-0.2, 0) is 20.1 Å². The monoisotopic (exact) mass is 258 g/mol. The number of nitrogens with zero attached hydrogens (tertiary/aromatic N) is 2. The van der Waals surface area contributed by atoms with Crippen LogP contribution in [0.5, 0.6) is 5.75 Å². The van der Waals surface area contributed by atoms with Crippen molar-refractivity contribution < 1.29 is 9.84 Å². The number of benzene rings is 1. The molecule has 0 saturated heterocycles. The van der Waals surface area contributed by atoms with Crippen LogP contribution in [0, 0.1) is 0 Å². The Labute approximate surface area is 112 Å². The van der Waals surface area contributed by atoms with Crippen LogP contribution in [0.4, 0.5) is 0 Å². The smallest absolute Gasteiger partial charge is 0.130 e. The van der Waals surface area contributed by atoms with Crippen molar-refractivity contribution in [1.82, 2.24) is 9.55 Å². The number of imidazole rings is 1. The number of aryl methyl sites for hydroxylation is 2. The van der Waals surface area contributed by atoms with Gasteiger partial charge in [-0.3, -0.25) is 0 Å². The van der Waals surface area contributed by atoms with Crippen molar-refractivity contribution in [2.45, 2.75) is 32.0 Å². The quantitative estimate of drug-likeness (QED) is 0.919. The van der Waals surface area contributed by atoms with Gasteiger partial charge in [0.15, 0.2) is 0 Å². The van der Waals surface area contributed by atoms with Gasteiger partial charge in [0.2, 0.25) is 0 Å². The molecule has 0 spiro atoms. The fraction of sp³-hybridized carbons (Fsp3) is 0.400. The van der Waals surface area contributed by atoms with Crippen molar-refractivity contribution in [3.8, 4) is 5.75 Å². The molecule has 1 unspecified atom stereocenters. The van der Waals surface area contributed by atoms with Gasteiger partial charge in [0.25, 0.3) is 0 Å². The molecule has 0 saturated carbocycles. The van der Waals surface area contributed by atoms with Crippen molar-refractivity contribution in [2.24, 2.45) is 7.05 Å². The average molecular weight is 258 g/mol. The van der Waals surface area contributed by atoms with Crippen LogP contribution in [0.2, 0.25) is 0 Å². The molecule has 3 rings (SSSR count). The molecule has 0 amide bonds. The van der Waals surface area contributed by atoms with E-state index < -0.39 is 0 Å². The predicted octanol–water partition coefficient (Wildman–Crippen LogP) is 2.37. The van der Waals surface area contributed by atoms with Crippen LogP contribution in [-0.4, -0.2) is 14.7 Å². The zero-order chi connectivity index (χ0) is 13.2. The molecule has 1 heterocycles. The van der Waals surface area contributed by atoms with E-state index in [1.165, 1.54) is 5.56 Å². The second-order valence-corrected chi connectivity index (χ2v) is 5.05. The van der Waals surface area contributed by atoms with E-state index in [0.29, 0.717) is 6.61 Å². The molecule has 100 valence electrons. The molecule has 19 heavy (non-hydrogen) atoms. The zero-order valence-electron chi connectivity index (χ0n) is 11.0. The van der Waals surface area contributed by atoms with Gasteiger partial charge in [0, 0.05) is 7.05 Å². The predicted molar refractivity (Wildman–Crippen MR) is 71.9 cm³/mol. The summed E-state index contributed by atoms with van der Waals surface area (Å²) < 4.78 is 7.74. The Morgan fingerprint density at radius 2 is 2.37 bits per heavy atom. The zero-order valence-corrected chi connectivity index (χ0v) is 11.0. The summed E-state index contributed by atoms with van der Waals surface area (Å²) in [5.74, 6) is 0.856. The Morgan fingerprint density at radius 3 is 3.16 bits per heavy atom. The molecule has 1 N–H and O–H groups in total. The second-order valence-electron chi connectivity index (χ2n) is 5.05. The molecule has 1 aromatic carbocycles. The van der Waals surface area contributed by atoms with Gasteiger partial charge in [-0.05, 0) is 42.5 Å². The lowest BCUT2D eigenvalue weighted by molar-refractivity contribution is 0.156. The van der Waals surface area contributed by atoms with Crippen LogP contribution in [0.25, 0.3) is 0 Å². The van der Waals surface area contributed by atoms with Crippen LogP contribution in [0.3, 0.4) is 0 Å². The molecule has 0 radical (unpaired) electrons. The average Bonchev–Trinajstić information content (AvgIpc) is 2.82. The van der Waals surface area contributed by atoms with Crippen LogP contribution in [0.15, 0.2) is 30.7 Å². The minimum atomic E-state index is -0.310. The molecular formula is C15H18N2O2. The van der Waals surface area contributed by atoms with Gasteiger partial charge in [-0.25, -0.2) is 4.98 Å². The van der Waals surface area contributed by atoms with E-state index in [9.17, 15) is 5.11 Å². The lowest BCUT2D eigenvalue weighted by Crippen LogP contribution is -2.09. The number of aromatic nitrogens is 2. The molecule has 1 aliphatic rings. The van der Waals surface area contributed by atoms with E-state index in [0.717, 1.165) is 36.3 Å². The van der Waals surface area contributed by atoms with Crippen LogP contribution in [0.1, 0.15) is 35.8 Å². The summed E-state index contributed by atoms with van der Waals surface area (Å²) in [7, 11) is 1.95. The molecule has 1 atom stereocenters. The number of aliphatic hydroxyl groups is 1. The van der Waals surface area contributed by atoms with Gasteiger partial charge in [-0.15, -0.1) is 0 Å². The lowest BCUT2D eigenvalue weighted by Gasteiger charge is -2.21. The number of rotatable bonds is 3. The van der Waals surface area contributed by atoms with Crippen molar-refractivity contribution in [3.05, 3.63) is 47.5 Å². The topological polar surface area (TPSA) is 47.3 Å². The summed E-state index contributed by atoms with van der Waals surface area (Å²) in [6, 6.07) is 5.97. The van der Waals surface area contributed by atoms with Crippen molar-refractivity contribution in [2.75, 3.05) is 0 Å². The van der Waals surface area contributed by atoms with Crippen molar-refractivity contribution in [3.63, 3.8) is 0 Å². The van der Waals surface area contributed by atoms with E-state index in [4.69, 9.17) is 4.74 Å². The van der Waals surface area contributed by atoms with Crippen molar-refractivity contribution >= 4 is 0 Å². The summed E-state index contributed by atoms with van der Waals surface area (Å²) >= 11 is 0. The molecule has 0 fully saturated rings. The first kappa shape index (κ1) is 12.2. The van der Waals surface area contributed by atoms with Gasteiger partial charge >= 0.3 is 0 Å². The first-order valence-electron chi connectivity index (χ1n) is 6.63. The molecule has 0 aliphatic heterocycles. The number of ether oxygens (including phenoxy) is 1. The second kappa shape index (κ2) is 5.05. The Kier molecular flexibility index (Phi) is 3.25. The molecule has 1 aromatic heterocycles. The number of fused-ring (bicyclic) bond motifs is 1. The summed E-state index contributed by atoms with van der Waals surface area (Å²) in [6.45, 7) is 0.512. The van der Waals surface area contributed by atoms with E-state index in [1.54, 1.807) is 6.33 Å². The summed E-state index contributed by atoms with van der Waals surface area (Å²) in [6.07, 6.45) is 6.19. The molecule has 4 heteroatoms. The SMILES string of the molecule is Cn1cncc1COc1ccc2c(c1)CCCC2O. The minimum Gasteiger partial charge on any atom is -0.487 e. The normalized spacial score (nSPS) is 18.1. The Bertz CT molecular complexity index is 577. The summed E-state index contributed by atoms with van der Waals surface area (Å²) in [5, 5.41) is 9.92. The first-order chi connectivity index (χ1) is 9.24. The van der Waals surface area contributed by atoms with Crippen LogP contribution < -0.4 is 4.74 Å². The highest BCUT2D eigenvalue weighted by molar-refractivity contribution is 5.38. The summed E-state index contributed by atoms with van der Waals surface area (Å²) in [4.78, 5) is 4.06. The minimum absolute atomic E-state index is 0.310. The third-order valence-electron chi connectivity index (χ3n) is 3.70. The fourth-order valence-electron chi connectivity index (χ4n) is 2.54. The Balaban J connectivity index is 1.74. The highest BCUT2D eigenvalue weighted by atomic mass is 16.5. The maximum absolute atomic E-state index is 9.92.